The fourth-order valence-corrected chi connectivity index (χ4v) is 2.07. The van der Waals surface area contributed by atoms with Gasteiger partial charge >= 0.3 is 0 Å². The van der Waals surface area contributed by atoms with Crippen LogP contribution in [-0.2, 0) is 0 Å². The average Bonchev–Trinajstić information content (AvgIpc) is 2.48. The van der Waals surface area contributed by atoms with Gasteiger partial charge in [0.05, 0.1) is 31.0 Å². The quantitative estimate of drug-likeness (QED) is 0.835. The first-order valence-corrected chi connectivity index (χ1v) is 6.55. The molecule has 0 aliphatic rings. The lowest BCUT2D eigenvalue weighted by Crippen LogP contribution is -1.97. The molecule has 0 bridgehead atoms. The number of rotatable bonds is 2. The Morgan fingerprint density at radius 3 is 2.10 bits per heavy atom. The Balaban J connectivity index is 0.000000956. The molecule has 0 N–H and O–H groups in total. The highest BCUT2D eigenvalue weighted by atomic mass is 16.5. The van der Waals surface area contributed by atoms with Crippen molar-refractivity contribution in [3.05, 3.63) is 29.0 Å². The van der Waals surface area contributed by atoms with Crippen molar-refractivity contribution < 1.29 is 9.47 Å². The zero-order chi connectivity index (χ0) is 15.3. The molecule has 1 heterocycles. The Morgan fingerprint density at radius 1 is 1.05 bits per heavy atom. The first-order valence-electron chi connectivity index (χ1n) is 6.55. The van der Waals surface area contributed by atoms with E-state index in [1.165, 1.54) is 0 Å². The number of pyridine rings is 1. The van der Waals surface area contributed by atoms with Gasteiger partial charge in [0.25, 0.3) is 0 Å². The minimum absolute atomic E-state index is 0.620. The van der Waals surface area contributed by atoms with Crippen molar-refractivity contribution in [1.82, 2.24) is 4.98 Å². The van der Waals surface area contributed by atoms with Gasteiger partial charge in [-0.25, -0.2) is 0 Å². The lowest BCUT2D eigenvalue weighted by atomic mass is 10.0. The van der Waals surface area contributed by atoms with Crippen molar-refractivity contribution in [1.29, 1.82) is 5.26 Å². The Bertz CT molecular complexity index is 658. The second-order valence-corrected chi connectivity index (χ2v) is 4.03. The molecule has 20 heavy (non-hydrogen) atoms. The molecule has 0 unspecified atom stereocenters. The zero-order valence-electron chi connectivity index (χ0n) is 12.9. The Hall–Kier alpha value is -2.28. The van der Waals surface area contributed by atoms with Crippen LogP contribution in [0.4, 0.5) is 0 Å². The number of hydrogen-bond acceptors (Lipinski definition) is 4. The summed E-state index contributed by atoms with van der Waals surface area (Å²) in [6, 6.07) is 5.87. The molecule has 4 nitrogen and oxygen atoms in total. The molecule has 0 fully saturated rings. The Kier molecular flexibility index (Phi) is 5.33. The highest BCUT2D eigenvalue weighted by molar-refractivity contribution is 5.87. The van der Waals surface area contributed by atoms with Crippen molar-refractivity contribution >= 4 is 10.9 Å². The fourth-order valence-electron chi connectivity index (χ4n) is 2.07. The van der Waals surface area contributed by atoms with Crippen LogP contribution in [0.15, 0.2) is 12.1 Å². The van der Waals surface area contributed by atoms with Gasteiger partial charge in [0.15, 0.2) is 11.5 Å². The molecule has 0 aliphatic heterocycles. The van der Waals surface area contributed by atoms with Crippen molar-refractivity contribution in [2.24, 2.45) is 0 Å². The number of aromatic nitrogens is 1. The molecule has 0 amide bonds. The molecule has 1 aromatic heterocycles. The summed E-state index contributed by atoms with van der Waals surface area (Å²) in [6.45, 7) is 7.75. The summed E-state index contributed by atoms with van der Waals surface area (Å²) >= 11 is 0. The smallest absolute Gasteiger partial charge is 0.162 e. The lowest BCUT2D eigenvalue weighted by molar-refractivity contribution is 0.356. The molecule has 0 atom stereocenters. The second-order valence-electron chi connectivity index (χ2n) is 4.03. The van der Waals surface area contributed by atoms with Crippen molar-refractivity contribution in [2.75, 3.05) is 14.2 Å². The predicted octanol–water partition coefficient (Wildman–Crippen LogP) is 3.77. The maximum Gasteiger partial charge on any atom is 0.162 e. The third kappa shape index (κ3) is 2.67. The summed E-state index contributed by atoms with van der Waals surface area (Å²) in [4.78, 5) is 4.43. The summed E-state index contributed by atoms with van der Waals surface area (Å²) in [5, 5.41) is 10.1. The van der Waals surface area contributed by atoms with E-state index in [4.69, 9.17) is 14.7 Å². The Labute approximate surface area is 120 Å². The SMILES string of the molecule is CC.COc1cc2nc(C)c(C#N)c(C)c2cc1OC. The molecule has 2 aromatic rings. The van der Waals surface area contributed by atoms with Crippen molar-refractivity contribution in [3.8, 4) is 17.6 Å². The van der Waals surface area contributed by atoms with Gasteiger partial charge in [-0.05, 0) is 25.5 Å². The summed E-state index contributed by atoms with van der Waals surface area (Å²) < 4.78 is 10.5. The lowest BCUT2D eigenvalue weighted by Gasteiger charge is -2.12. The van der Waals surface area contributed by atoms with Crippen LogP contribution in [0.1, 0.15) is 30.7 Å². The van der Waals surface area contributed by atoms with E-state index in [1.807, 2.05) is 39.8 Å². The minimum atomic E-state index is 0.620. The standard InChI is InChI=1S/C14H14N2O2.C2H6/c1-8-10-5-13(17-3)14(18-4)6-12(10)16-9(2)11(8)7-15;1-2/h5-6H,1-4H3;1-2H3. The normalized spacial score (nSPS) is 9.45. The van der Waals surface area contributed by atoms with Gasteiger partial charge in [-0.2, -0.15) is 5.26 Å². The van der Waals surface area contributed by atoms with E-state index in [1.54, 1.807) is 14.2 Å². The third-order valence-corrected chi connectivity index (χ3v) is 3.04. The molecule has 0 radical (unpaired) electrons. The Morgan fingerprint density at radius 2 is 1.60 bits per heavy atom. The largest absolute Gasteiger partial charge is 0.493 e. The van der Waals surface area contributed by atoms with Crippen LogP contribution in [-0.4, -0.2) is 19.2 Å². The van der Waals surface area contributed by atoms with Crippen LogP contribution >= 0.6 is 0 Å². The summed E-state index contributed by atoms with van der Waals surface area (Å²) in [5.74, 6) is 1.28. The summed E-state index contributed by atoms with van der Waals surface area (Å²) in [7, 11) is 3.18. The second kappa shape index (κ2) is 6.76. The van der Waals surface area contributed by atoms with Gasteiger partial charge in [-0.3, -0.25) is 4.98 Å². The molecule has 2 rings (SSSR count). The van der Waals surface area contributed by atoms with Crippen LogP contribution in [0.2, 0.25) is 0 Å². The van der Waals surface area contributed by atoms with E-state index in [9.17, 15) is 0 Å². The molecule has 4 heteroatoms. The van der Waals surface area contributed by atoms with Crippen LogP contribution in [0.25, 0.3) is 10.9 Å². The first-order chi connectivity index (χ1) is 9.62. The summed E-state index contributed by atoms with van der Waals surface area (Å²) in [6.07, 6.45) is 0. The number of nitrogens with zero attached hydrogens (tertiary/aromatic N) is 2. The van der Waals surface area contributed by atoms with Crippen LogP contribution in [0.5, 0.6) is 11.5 Å². The van der Waals surface area contributed by atoms with Crippen LogP contribution in [0, 0.1) is 25.2 Å². The monoisotopic (exact) mass is 272 g/mol. The molecular formula is C16H20N2O2. The fraction of sp³-hybridized carbons (Fsp3) is 0.375. The highest BCUT2D eigenvalue weighted by Gasteiger charge is 2.13. The molecule has 106 valence electrons. The molecule has 0 spiro atoms. The zero-order valence-corrected chi connectivity index (χ0v) is 12.9. The van der Waals surface area contributed by atoms with Gasteiger partial charge in [0.1, 0.15) is 6.07 Å². The van der Waals surface area contributed by atoms with Crippen LogP contribution in [0.3, 0.4) is 0 Å². The van der Waals surface area contributed by atoms with E-state index in [2.05, 4.69) is 11.1 Å². The van der Waals surface area contributed by atoms with Gasteiger partial charge in [0.2, 0.25) is 0 Å². The number of benzene rings is 1. The predicted molar refractivity (Wildman–Crippen MR) is 80.4 cm³/mol. The minimum Gasteiger partial charge on any atom is -0.493 e. The maximum absolute atomic E-state index is 9.14. The third-order valence-electron chi connectivity index (χ3n) is 3.04. The van der Waals surface area contributed by atoms with E-state index >= 15 is 0 Å². The molecule has 0 saturated carbocycles. The van der Waals surface area contributed by atoms with Gasteiger partial charge in [-0.1, -0.05) is 13.8 Å². The van der Waals surface area contributed by atoms with Gasteiger partial charge < -0.3 is 9.47 Å². The number of aryl methyl sites for hydroxylation is 2. The molecule has 0 saturated heterocycles. The topological polar surface area (TPSA) is 55.1 Å². The summed E-state index contributed by atoms with van der Waals surface area (Å²) in [5.41, 5.74) is 3.08. The highest BCUT2D eigenvalue weighted by Crippen LogP contribution is 2.33. The molecule has 0 aliphatic carbocycles. The van der Waals surface area contributed by atoms with Crippen molar-refractivity contribution in [2.45, 2.75) is 27.7 Å². The van der Waals surface area contributed by atoms with Gasteiger partial charge in [0, 0.05) is 11.5 Å². The number of methoxy groups -OCH3 is 2. The van der Waals surface area contributed by atoms with E-state index in [-0.39, 0.29) is 0 Å². The number of nitriles is 1. The van der Waals surface area contributed by atoms with E-state index in [0.717, 1.165) is 22.2 Å². The molecule has 1 aromatic carbocycles. The maximum atomic E-state index is 9.14. The molecular weight excluding hydrogens is 252 g/mol. The van der Waals surface area contributed by atoms with Gasteiger partial charge in [-0.15, -0.1) is 0 Å². The first kappa shape index (κ1) is 15.8. The van der Waals surface area contributed by atoms with Crippen LogP contribution < -0.4 is 9.47 Å². The van der Waals surface area contributed by atoms with Crippen molar-refractivity contribution in [3.63, 3.8) is 0 Å². The number of hydrogen-bond donors (Lipinski definition) is 0. The van der Waals surface area contributed by atoms with E-state index < -0.39 is 0 Å². The average molecular weight is 272 g/mol. The van der Waals surface area contributed by atoms with E-state index in [0.29, 0.717) is 17.1 Å². The number of fused-ring (bicyclic) bond motifs is 1. The number of ether oxygens (including phenoxy) is 2.